The molecule has 1 unspecified atom stereocenters. The van der Waals surface area contributed by atoms with Crippen LogP contribution in [-0.2, 0) is 6.54 Å². The molecule has 0 bridgehead atoms. The molecule has 0 heterocycles. The molecule has 0 saturated heterocycles. The van der Waals surface area contributed by atoms with Gasteiger partial charge < -0.3 is 10.4 Å². The summed E-state index contributed by atoms with van der Waals surface area (Å²) in [5.74, 6) is -0.355. The summed E-state index contributed by atoms with van der Waals surface area (Å²) in [6.45, 7) is 4.57. The average molecular weight is 250 g/mol. The third-order valence-corrected chi connectivity index (χ3v) is 2.80. The Hall–Kier alpha value is -1.44. The number of hydrogen-bond acceptors (Lipinski definition) is 3. The summed E-state index contributed by atoms with van der Waals surface area (Å²) in [6.07, 6.45) is 1.60. The molecule has 1 atom stereocenters. The van der Waals surface area contributed by atoms with Gasteiger partial charge in [0.2, 0.25) is 0 Å². The Morgan fingerprint density at radius 1 is 1.50 bits per heavy atom. The third kappa shape index (κ3) is 4.44. The number of benzene rings is 1. The van der Waals surface area contributed by atoms with Crippen LogP contribution in [0.25, 0.3) is 0 Å². The van der Waals surface area contributed by atoms with Gasteiger partial charge in [0.05, 0.1) is 17.2 Å². The Balaban J connectivity index is 2.59. The standard InChI is InChI=1S/C14H19FN2O/c1-3-6-14(2,18)10-17-9-12-7-13(15)5-4-11(12)8-16/h4-5,7,17-18H,3,6,9-10H2,1-2H3. The summed E-state index contributed by atoms with van der Waals surface area (Å²) < 4.78 is 13.1. The highest BCUT2D eigenvalue weighted by Gasteiger charge is 2.18. The van der Waals surface area contributed by atoms with Gasteiger partial charge in [-0.05, 0) is 37.1 Å². The van der Waals surface area contributed by atoms with Gasteiger partial charge >= 0.3 is 0 Å². The number of hydrogen-bond donors (Lipinski definition) is 2. The third-order valence-electron chi connectivity index (χ3n) is 2.80. The first-order valence-electron chi connectivity index (χ1n) is 6.10. The van der Waals surface area contributed by atoms with Crippen molar-refractivity contribution in [3.05, 3.63) is 35.1 Å². The molecular weight excluding hydrogens is 231 g/mol. The zero-order valence-corrected chi connectivity index (χ0v) is 10.8. The number of aliphatic hydroxyl groups is 1. The molecule has 4 heteroatoms. The van der Waals surface area contributed by atoms with Crippen LogP contribution >= 0.6 is 0 Å². The quantitative estimate of drug-likeness (QED) is 0.814. The van der Waals surface area contributed by atoms with Crippen molar-refractivity contribution in [3.8, 4) is 6.07 Å². The predicted octanol–water partition coefficient (Wildman–Crippen LogP) is 2.34. The Labute approximate surface area is 107 Å². The van der Waals surface area contributed by atoms with Crippen molar-refractivity contribution in [1.82, 2.24) is 5.32 Å². The van der Waals surface area contributed by atoms with Crippen molar-refractivity contribution in [2.24, 2.45) is 0 Å². The minimum absolute atomic E-state index is 0.355. The Kier molecular flexibility index (Phi) is 5.26. The molecule has 0 aliphatic rings. The summed E-state index contributed by atoms with van der Waals surface area (Å²) in [7, 11) is 0. The van der Waals surface area contributed by atoms with Gasteiger partial charge in [-0.25, -0.2) is 4.39 Å². The Morgan fingerprint density at radius 3 is 2.83 bits per heavy atom. The molecule has 1 rings (SSSR count). The Morgan fingerprint density at radius 2 is 2.22 bits per heavy atom. The number of rotatable bonds is 6. The minimum Gasteiger partial charge on any atom is -0.389 e. The molecule has 0 amide bonds. The molecule has 0 fully saturated rings. The summed E-state index contributed by atoms with van der Waals surface area (Å²) >= 11 is 0. The fraction of sp³-hybridized carbons (Fsp3) is 0.500. The van der Waals surface area contributed by atoms with Crippen LogP contribution < -0.4 is 5.32 Å². The van der Waals surface area contributed by atoms with Crippen LogP contribution in [0, 0.1) is 17.1 Å². The first-order valence-corrected chi connectivity index (χ1v) is 6.10. The number of halogens is 1. The lowest BCUT2D eigenvalue weighted by Crippen LogP contribution is -2.37. The van der Waals surface area contributed by atoms with Crippen LogP contribution in [0.3, 0.4) is 0 Å². The van der Waals surface area contributed by atoms with Gasteiger partial charge in [0.1, 0.15) is 5.82 Å². The van der Waals surface area contributed by atoms with E-state index in [1.165, 1.54) is 18.2 Å². The maximum Gasteiger partial charge on any atom is 0.123 e. The highest BCUT2D eigenvalue weighted by atomic mass is 19.1. The summed E-state index contributed by atoms with van der Waals surface area (Å²) in [4.78, 5) is 0. The number of nitrogens with zero attached hydrogens (tertiary/aromatic N) is 1. The van der Waals surface area contributed by atoms with Gasteiger partial charge in [-0.3, -0.25) is 0 Å². The largest absolute Gasteiger partial charge is 0.389 e. The summed E-state index contributed by atoms with van der Waals surface area (Å²) in [5, 5.41) is 21.9. The van der Waals surface area contributed by atoms with Crippen LogP contribution in [-0.4, -0.2) is 17.3 Å². The fourth-order valence-electron chi connectivity index (χ4n) is 1.91. The average Bonchev–Trinajstić information content (AvgIpc) is 2.29. The van der Waals surface area contributed by atoms with E-state index in [-0.39, 0.29) is 5.82 Å². The first kappa shape index (κ1) is 14.6. The van der Waals surface area contributed by atoms with Crippen molar-refractivity contribution >= 4 is 0 Å². The minimum atomic E-state index is -0.769. The normalized spacial score (nSPS) is 13.9. The molecule has 0 radical (unpaired) electrons. The van der Waals surface area contributed by atoms with Gasteiger partial charge in [0, 0.05) is 13.1 Å². The van der Waals surface area contributed by atoms with E-state index >= 15 is 0 Å². The molecule has 2 N–H and O–H groups in total. The highest BCUT2D eigenvalue weighted by molar-refractivity contribution is 5.37. The molecular formula is C14H19FN2O. The molecule has 98 valence electrons. The smallest absolute Gasteiger partial charge is 0.123 e. The van der Waals surface area contributed by atoms with Crippen LogP contribution in [0.15, 0.2) is 18.2 Å². The van der Waals surface area contributed by atoms with Crippen molar-refractivity contribution in [2.75, 3.05) is 6.54 Å². The molecule has 0 aromatic heterocycles. The molecule has 1 aromatic rings. The van der Waals surface area contributed by atoms with Gasteiger partial charge in [0.15, 0.2) is 0 Å². The van der Waals surface area contributed by atoms with E-state index < -0.39 is 5.60 Å². The first-order chi connectivity index (χ1) is 8.48. The van der Waals surface area contributed by atoms with E-state index in [0.29, 0.717) is 30.6 Å². The maximum absolute atomic E-state index is 13.1. The second kappa shape index (κ2) is 6.48. The second-order valence-electron chi connectivity index (χ2n) is 4.76. The summed E-state index contributed by atoms with van der Waals surface area (Å²) in [5.41, 5.74) is 0.304. The molecule has 0 aliphatic carbocycles. The summed E-state index contributed by atoms with van der Waals surface area (Å²) in [6, 6.07) is 6.12. The molecule has 0 saturated carbocycles. The van der Waals surface area contributed by atoms with Crippen LogP contribution in [0.4, 0.5) is 4.39 Å². The topological polar surface area (TPSA) is 56.0 Å². The van der Waals surface area contributed by atoms with Crippen molar-refractivity contribution in [2.45, 2.75) is 38.8 Å². The SMILES string of the molecule is CCCC(C)(O)CNCc1cc(F)ccc1C#N. The monoisotopic (exact) mass is 250 g/mol. The molecule has 3 nitrogen and oxygen atoms in total. The van der Waals surface area contributed by atoms with Crippen molar-refractivity contribution in [3.63, 3.8) is 0 Å². The Bertz CT molecular complexity index is 438. The van der Waals surface area contributed by atoms with Crippen LogP contribution in [0.1, 0.15) is 37.8 Å². The lowest BCUT2D eigenvalue weighted by molar-refractivity contribution is 0.0498. The van der Waals surface area contributed by atoms with E-state index in [1.54, 1.807) is 6.92 Å². The molecule has 1 aromatic carbocycles. The lowest BCUT2D eigenvalue weighted by atomic mass is 10.0. The van der Waals surface area contributed by atoms with Crippen molar-refractivity contribution < 1.29 is 9.50 Å². The fourth-order valence-corrected chi connectivity index (χ4v) is 1.91. The van der Waals surface area contributed by atoms with E-state index in [2.05, 4.69) is 5.32 Å². The van der Waals surface area contributed by atoms with Crippen LogP contribution in [0.5, 0.6) is 0 Å². The van der Waals surface area contributed by atoms with Gasteiger partial charge in [-0.15, -0.1) is 0 Å². The predicted molar refractivity (Wildman–Crippen MR) is 68.4 cm³/mol. The number of nitrogens with one attached hydrogen (secondary N) is 1. The van der Waals surface area contributed by atoms with E-state index in [1.807, 2.05) is 13.0 Å². The lowest BCUT2D eigenvalue weighted by Gasteiger charge is -2.23. The van der Waals surface area contributed by atoms with Gasteiger partial charge in [-0.1, -0.05) is 13.3 Å². The maximum atomic E-state index is 13.1. The van der Waals surface area contributed by atoms with Crippen molar-refractivity contribution in [1.29, 1.82) is 5.26 Å². The van der Waals surface area contributed by atoms with Gasteiger partial charge in [0.25, 0.3) is 0 Å². The highest BCUT2D eigenvalue weighted by Crippen LogP contribution is 2.13. The molecule has 0 aliphatic heterocycles. The van der Waals surface area contributed by atoms with E-state index in [4.69, 9.17) is 5.26 Å². The second-order valence-corrected chi connectivity index (χ2v) is 4.76. The van der Waals surface area contributed by atoms with E-state index in [0.717, 1.165) is 6.42 Å². The molecule has 0 spiro atoms. The van der Waals surface area contributed by atoms with Gasteiger partial charge in [-0.2, -0.15) is 5.26 Å². The molecule has 18 heavy (non-hydrogen) atoms. The zero-order valence-electron chi connectivity index (χ0n) is 10.8. The number of nitriles is 1. The zero-order chi connectivity index (χ0) is 13.6. The van der Waals surface area contributed by atoms with Crippen LogP contribution in [0.2, 0.25) is 0 Å². The van der Waals surface area contributed by atoms with E-state index in [9.17, 15) is 9.50 Å².